The van der Waals surface area contributed by atoms with Crippen LogP contribution in [0.2, 0.25) is 0 Å². The summed E-state index contributed by atoms with van der Waals surface area (Å²) in [6, 6.07) is 7.67. The quantitative estimate of drug-likeness (QED) is 0.677. The third-order valence-corrected chi connectivity index (χ3v) is 4.05. The maximum absolute atomic E-state index is 11.7. The molecule has 3 rings (SSSR count). The fourth-order valence-corrected chi connectivity index (χ4v) is 2.42. The average Bonchev–Trinajstić information content (AvgIpc) is 3.28. The Labute approximate surface area is 147 Å². The van der Waals surface area contributed by atoms with Crippen LogP contribution >= 0.6 is 0 Å². The van der Waals surface area contributed by atoms with E-state index >= 15 is 0 Å². The predicted molar refractivity (Wildman–Crippen MR) is 96.6 cm³/mol. The number of aromatic nitrogens is 2. The molecule has 1 aromatic carbocycles. The van der Waals surface area contributed by atoms with Crippen molar-refractivity contribution < 1.29 is 9.32 Å². The van der Waals surface area contributed by atoms with Crippen molar-refractivity contribution in [1.82, 2.24) is 15.5 Å². The minimum Gasteiger partial charge on any atom is -0.374 e. The van der Waals surface area contributed by atoms with Gasteiger partial charge >= 0.3 is 6.03 Å². The van der Waals surface area contributed by atoms with E-state index in [1.165, 1.54) is 0 Å². The van der Waals surface area contributed by atoms with Crippen molar-refractivity contribution in [3.63, 3.8) is 0 Å². The number of rotatable bonds is 8. The lowest BCUT2D eigenvalue weighted by molar-refractivity contribution is 0.251. The minimum absolute atomic E-state index is 0.0835. The summed E-state index contributed by atoms with van der Waals surface area (Å²) in [6.45, 7) is 4.12. The lowest BCUT2D eigenvalue weighted by Crippen LogP contribution is -2.30. The monoisotopic (exact) mass is 343 g/mol. The van der Waals surface area contributed by atoms with Crippen molar-refractivity contribution in [3.8, 4) is 0 Å². The molecule has 7 nitrogen and oxygen atoms in total. The number of nitrogens with one attached hydrogen (secondary N) is 3. The number of aryl methyl sites for hydroxylation is 1. The summed E-state index contributed by atoms with van der Waals surface area (Å²) in [5, 5.41) is 13.1. The summed E-state index contributed by atoms with van der Waals surface area (Å²) in [6.07, 6.45) is 5.16. The molecule has 134 valence electrons. The summed E-state index contributed by atoms with van der Waals surface area (Å²) in [5.41, 5.74) is 1.69. The first-order chi connectivity index (χ1) is 12.1. The van der Waals surface area contributed by atoms with E-state index < -0.39 is 0 Å². The Hall–Kier alpha value is -2.57. The van der Waals surface area contributed by atoms with Gasteiger partial charge in [0.2, 0.25) is 5.89 Å². The third kappa shape index (κ3) is 5.20. The highest BCUT2D eigenvalue weighted by Crippen LogP contribution is 2.21. The van der Waals surface area contributed by atoms with E-state index in [1.807, 2.05) is 31.2 Å². The predicted octanol–water partition coefficient (Wildman–Crippen LogP) is 3.87. The molecule has 1 unspecified atom stereocenters. The minimum atomic E-state index is -0.151. The van der Waals surface area contributed by atoms with Gasteiger partial charge < -0.3 is 20.5 Å². The fourth-order valence-electron chi connectivity index (χ4n) is 2.42. The lowest BCUT2D eigenvalue weighted by atomic mass is 10.2. The van der Waals surface area contributed by atoms with Gasteiger partial charge in [0.1, 0.15) is 6.04 Å². The van der Waals surface area contributed by atoms with Gasteiger partial charge in [-0.25, -0.2) is 4.79 Å². The van der Waals surface area contributed by atoms with Gasteiger partial charge in [0.25, 0.3) is 0 Å². The van der Waals surface area contributed by atoms with Crippen LogP contribution in [-0.4, -0.2) is 22.2 Å². The van der Waals surface area contributed by atoms with Crippen LogP contribution in [0.1, 0.15) is 57.3 Å². The molecule has 2 aromatic rings. The molecule has 0 bridgehead atoms. The molecular formula is C18H25N5O2. The van der Waals surface area contributed by atoms with Crippen LogP contribution < -0.4 is 16.0 Å². The molecule has 2 amide bonds. The highest BCUT2D eigenvalue weighted by molar-refractivity contribution is 5.89. The highest BCUT2D eigenvalue weighted by Gasteiger charge is 2.23. The first-order valence-electron chi connectivity index (χ1n) is 8.90. The van der Waals surface area contributed by atoms with Gasteiger partial charge in [-0.2, -0.15) is 4.98 Å². The summed E-state index contributed by atoms with van der Waals surface area (Å²) >= 11 is 0. The molecule has 1 aliphatic rings. The van der Waals surface area contributed by atoms with Crippen LogP contribution in [0.15, 0.2) is 28.8 Å². The van der Waals surface area contributed by atoms with Crippen molar-refractivity contribution in [3.05, 3.63) is 36.0 Å². The van der Waals surface area contributed by atoms with Crippen molar-refractivity contribution >= 4 is 17.4 Å². The summed E-state index contributed by atoms with van der Waals surface area (Å²) < 4.78 is 5.33. The Balaban J connectivity index is 1.51. The second kappa shape index (κ2) is 8.00. The van der Waals surface area contributed by atoms with Crippen molar-refractivity contribution in [2.45, 2.75) is 58.0 Å². The molecule has 25 heavy (non-hydrogen) atoms. The molecule has 1 saturated carbocycles. The maximum Gasteiger partial charge on any atom is 0.319 e. The average molecular weight is 343 g/mol. The molecule has 0 aliphatic heterocycles. The van der Waals surface area contributed by atoms with Crippen LogP contribution in [0.5, 0.6) is 0 Å². The van der Waals surface area contributed by atoms with E-state index in [0.717, 1.165) is 49.3 Å². The number of hydrogen-bond acceptors (Lipinski definition) is 5. The second-order valence-corrected chi connectivity index (χ2v) is 6.47. The van der Waals surface area contributed by atoms with Gasteiger partial charge in [0, 0.05) is 23.8 Å². The Morgan fingerprint density at radius 1 is 1.28 bits per heavy atom. The normalized spacial score (nSPS) is 14.8. The smallest absolute Gasteiger partial charge is 0.319 e. The zero-order valence-electron chi connectivity index (χ0n) is 14.7. The van der Waals surface area contributed by atoms with Gasteiger partial charge in [-0.15, -0.1) is 0 Å². The molecular weight excluding hydrogens is 318 g/mol. The first-order valence-corrected chi connectivity index (χ1v) is 8.90. The van der Waals surface area contributed by atoms with Gasteiger partial charge in [-0.3, -0.25) is 0 Å². The molecule has 1 atom stereocenters. The van der Waals surface area contributed by atoms with Gasteiger partial charge in [-0.1, -0.05) is 18.5 Å². The SMILES string of the molecule is CCCCc1noc(C(C)Nc2ccc(NC(=O)NC3CC3)cc2)n1. The molecule has 1 aromatic heterocycles. The number of amides is 2. The van der Waals surface area contributed by atoms with E-state index in [-0.39, 0.29) is 12.1 Å². The molecule has 3 N–H and O–H groups in total. The number of carbonyl (C=O) groups excluding carboxylic acids is 1. The van der Waals surface area contributed by atoms with Crippen LogP contribution in [0, 0.1) is 0 Å². The summed E-state index contributed by atoms with van der Waals surface area (Å²) in [4.78, 5) is 16.2. The van der Waals surface area contributed by atoms with Crippen molar-refractivity contribution in [2.75, 3.05) is 10.6 Å². The summed E-state index contributed by atoms with van der Waals surface area (Å²) in [7, 11) is 0. The molecule has 0 radical (unpaired) electrons. The number of anilines is 2. The zero-order chi connectivity index (χ0) is 17.6. The highest BCUT2D eigenvalue weighted by atomic mass is 16.5. The Morgan fingerprint density at radius 3 is 2.68 bits per heavy atom. The number of benzene rings is 1. The van der Waals surface area contributed by atoms with Crippen LogP contribution in [0.25, 0.3) is 0 Å². The number of urea groups is 1. The van der Waals surface area contributed by atoms with Crippen molar-refractivity contribution in [2.24, 2.45) is 0 Å². The molecule has 0 saturated heterocycles. The fraction of sp³-hybridized carbons (Fsp3) is 0.500. The summed E-state index contributed by atoms with van der Waals surface area (Å²) in [5.74, 6) is 1.34. The zero-order valence-corrected chi connectivity index (χ0v) is 14.7. The Morgan fingerprint density at radius 2 is 2.00 bits per heavy atom. The van der Waals surface area contributed by atoms with E-state index in [1.54, 1.807) is 0 Å². The first kappa shape index (κ1) is 17.3. The largest absolute Gasteiger partial charge is 0.374 e. The maximum atomic E-state index is 11.7. The van der Waals surface area contributed by atoms with E-state index in [4.69, 9.17) is 4.52 Å². The van der Waals surface area contributed by atoms with Crippen LogP contribution in [-0.2, 0) is 6.42 Å². The molecule has 1 heterocycles. The van der Waals surface area contributed by atoms with E-state index in [0.29, 0.717) is 11.9 Å². The van der Waals surface area contributed by atoms with E-state index in [9.17, 15) is 4.79 Å². The topological polar surface area (TPSA) is 92.1 Å². The van der Waals surface area contributed by atoms with Crippen LogP contribution in [0.3, 0.4) is 0 Å². The second-order valence-electron chi connectivity index (χ2n) is 6.47. The standard InChI is InChI=1S/C18H25N5O2/c1-3-4-5-16-22-17(25-23-16)12(2)19-13-6-8-14(9-7-13)20-18(24)21-15-10-11-15/h6-9,12,15,19H,3-5,10-11H2,1-2H3,(H2,20,21,24). The third-order valence-electron chi connectivity index (χ3n) is 4.05. The van der Waals surface area contributed by atoms with E-state index in [2.05, 4.69) is 33.0 Å². The molecule has 7 heteroatoms. The molecule has 1 aliphatic carbocycles. The number of unbranched alkanes of at least 4 members (excludes halogenated alkanes) is 1. The Kier molecular flexibility index (Phi) is 5.53. The van der Waals surface area contributed by atoms with Gasteiger partial charge in [0.15, 0.2) is 5.82 Å². The lowest BCUT2D eigenvalue weighted by Gasteiger charge is -2.12. The molecule has 0 spiro atoms. The van der Waals surface area contributed by atoms with Gasteiger partial charge in [0.05, 0.1) is 0 Å². The Bertz CT molecular complexity index is 694. The van der Waals surface area contributed by atoms with Crippen molar-refractivity contribution in [1.29, 1.82) is 0 Å². The van der Waals surface area contributed by atoms with Gasteiger partial charge in [-0.05, 0) is 50.5 Å². The number of carbonyl (C=O) groups is 1. The molecule has 1 fully saturated rings. The van der Waals surface area contributed by atoms with Crippen LogP contribution in [0.4, 0.5) is 16.2 Å². The number of nitrogens with zero attached hydrogens (tertiary/aromatic N) is 2. The number of hydrogen-bond donors (Lipinski definition) is 3.